The van der Waals surface area contributed by atoms with Crippen molar-refractivity contribution in [1.82, 2.24) is 4.98 Å². The van der Waals surface area contributed by atoms with E-state index in [2.05, 4.69) is 22.4 Å². The lowest BCUT2D eigenvalue weighted by atomic mass is 10.0. The molecule has 0 unspecified atom stereocenters. The second kappa shape index (κ2) is 9.24. The first-order valence-corrected chi connectivity index (χ1v) is 12.3. The molecule has 1 N–H and O–H groups in total. The Morgan fingerprint density at radius 3 is 2.06 bits per heavy atom. The van der Waals surface area contributed by atoms with Crippen molar-refractivity contribution in [1.29, 1.82) is 0 Å². The number of carbonyl (C=O) groups excluding carboxylic acids is 1. The maximum Gasteiger partial charge on any atom is 0.241 e. The van der Waals surface area contributed by atoms with Crippen LogP contribution in [-0.4, -0.2) is 25.1 Å². The van der Waals surface area contributed by atoms with Crippen molar-refractivity contribution in [2.24, 2.45) is 0 Å². The van der Waals surface area contributed by atoms with Gasteiger partial charge in [-0.3, -0.25) is 4.79 Å². The van der Waals surface area contributed by atoms with Crippen LogP contribution in [-0.2, 0) is 20.4 Å². The molecule has 1 heterocycles. The first-order chi connectivity index (χ1) is 15.0. The molecule has 31 heavy (non-hydrogen) atoms. The Balaban J connectivity index is 1.39. The fraction of sp³-hybridized carbons (Fsp3) is 0.0833. The maximum absolute atomic E-state index is 12.3. The number of benzene rings is 3. The molecule has 4 aromatic rings. The minimum atomic E-state index is -3.57. The molecule has 4 rings (SSSR count). The van der Waals surface area contributed by atoms with Gasteiger partial charge in [0.2, 0.25) is 5.91 Å². The van der Waals surface area contributed by atoms with Crippen molar-refractivity contribution < 1.29 is 13.2 Å². The van der Waals surface area contributed by atoms with Crippen LogP contribution in [0.4, 0.5) is 5.13 Å². The van der Waals surface area contributed by atoms with Crippen molar-refractivity contribution in [3.8, 4) is 22.4 Å². The molecule has 0 bridgehead atoms. The summed E-state index contributed by atoms with van der Waals surface area (Å²) < 4.78 is 24.6. The molecule has 0 saturated heterocycles. The average Bonchev–Trinajstić information content (AvgIpc) is 3.22. The predicted molar refractivity (Wildman–Crippen MR) is 126 cm³/mol. The third kappa shape index (κ3) is 5.65. The smallest absolute Gasteiger partial charge is 0.241 e. The largest absolute Gasteiger partial charge is 0.301 e. The van der Waals surface area contributed by atoms with Crippen molar-refractivity contribution in [3.63, 3.8) is 0 Å². The molecule has 1 aromatic heterocycles. The number of amides is 1. The lowest BCUT2D eigenvalue weighted by molar-refractivity contribution is -0.113. The van der Waals surface area contributed by atoms with Gasteiger partial charge in [-0.1, -0.05) is 84.9 Å². The highest BCUT2D eigenvalue weighted by Gasteiger charge is 2.18. The van der Waals surface area contributed by atoms with Crippen LogP contribution in [0.3, 0.4) is 0 Å². The number of aromatic nitrogens is 1. The van der Waals surface area contributed by atoms with E-state index in [1.165, 1.54) is 11.3 Å². The summed E-state index contributed by atoms with van der Waals surface area (Å²) in [4.78, 5) is 16.7. The normalized spacial score (nSPS) is 11.2. The molecule has 0 radical (unpaired) electrons. The zero-order valence-corrected chi connectivity index (χ0v) is 18.2. The van der Waals surface area contributed by atoms with Crippen LogP contribution in [0.1, 0.15) is 5.56 Å². The van der Waals surface area contributed by atoms with Gasteiger partial charge in [0.05, 0.1) is 11.4 Å². The third-order valence-electron chi connectivity index (χ3n) is 4.62. The first-order valence-electron chi connectivity index (χ1n) is 9.64. The number of hydrogen-bond donors (Lipinski definition) is 1. The van der Waals surface area contributed by atoms with E-state index in [0.29, 0.717) is 10.7 Å². The SMILES string of the molecule is O=C(CS(=O)(=O)Cc1ccccc1)Nc1nc(-c2ccc(-c3ccccc3)cc2)cs1. The minimum absolute atomic E-state index is 0.169. The highest BCUT2D eigenvalue weighted by atomic mass is 32.2. The molecule has 0 atom stereocenters. The third-order valence-corrected chi connectivity index (χ3v) is 6.85. The molecular formula is C24H20N2O3S2. The van der Waals surface area contributed by atoms with Gasteiger partial charge in [-0.25, -0.2) is 13.4 Å². The van der Waals surface area contributed by atoms with Crippen LogP contribution in [0.25, 0.3) is 22.4 Å². The summed E-state index contributed by atoms with van der Waals surface area (Å²) in [5, 5.41) is 4.82. The van der Waals surface area contributed by atoms with Gasteiger partial charge in [-0.2, -0.15) is 0 Å². The van der Waals surface area contributed by atoms with Crippen LogP contribution in [0.15, 0.2) is 90.3 Å². The average molecular weight is 449 g/mol. The maximum atomic E-state index is 12.3. The number of rotatable bonds is 7. The monoisotopic (exact) mass is 448 g/mol. The van der Waals surface area contributed by atoms with Gasteiger partial charge in [-0.05, 0) is 16.7 Å². The molecule has 0 fully saturated rings. The van der Waals surface area contributed by atoms with Crippen LogP contribution in [0.5, 0.6) is 0 Å². The number of hydrogen-bond acceptors (Lipinski definition) is 5. The summed E-state index contributed by atoms with van der Waals surface area (Å²) in [5.74, 6) is -1.34. The Bertz CT molecular complexity index is 1270. The number of carbonyl (C=O) groups is 1. The second-order valence-electron chi connectivity index (χ2n) is 7.05. The summed E-state index contributed by atoms with van der Waals surface area (Å²) in [7, 11) is -3.57. The summed E-state index contributed by atoms with van der Waals surface area (Å²) in [5.41, 5.74) is 4.56. The highest BCUT2D eigenvalue weighted by Crippen LogP contribution is 2.27. The summed E-state index contributed by atoms with van der Waals surface area (Å²) in [6.07, 6.45) is 0. The highest BCUT2D eigenvalue weighted by molar-refractivity contribution is 7.91. The second-order valence-corrected chi connectivity index (χ2v) is 9.97. The van der Waals surface area contributed by atoms with Gasteiger partial charge in [0, 0.05) is 10.9 Å². The van der Waals surface area contributed by atoms with Gasteiger partial charge in [-0.15, -0.1) is 11.3 Å². The molecule has 0 saturated carbocycles. The molecule has 3 aromatic carbocycles. The van der Waals surface area contributed by atoms with E-state index < -0.39 is 21.5 Å². The molecule has 1 amide bonds. The quantitative estimate of drug-likeness (QED) is 0.430. The van der Waals surface area contributed by atoms with E-state index in [1.807, 2.05) is 53.9 Å². The fourth-order valence-electron chi connectivity index (χ4n) is 3.16. The van der Waals surface area contributed by atoms with E-state index in [4.69, 9.17) is 0 Å². The van der Waals surface area contributed by atoms with Crippen LogP contribution in [0.2, 0.25) is 0 Å². The Hall–Kier alpha value is -3.29. The number of nitrogens with zero attached hydrogens (tertiary/aromatic N) is 1. The van der Waals surface area contributed by atoms with E-state index in [-0.39, 0.29) is 5.75 Å². The van der Waals surface area contributed by atoms with Crippen LogP contribution in [0, 0.1) is 0 Å². The van der Waals surface area contributed by atoms with Gasteiger partial charge < -0.3 is 5.32 Å². The molecule has 0 aliphatic rings. The lowest BCUT2D eigenvalue weighted by Crippen LogP contribution is -2.23. The van der Waals surface area contributed by atoms with Gasteiger partial charge in [0.25, 0.3) is 0 Å². The molecule has 0 aliphatic carbocycles. The first kappa shape index (κ1) is 21.0. The van der Waals surface area contributed by atoms with Crippen molar-refractivity contribution in [2.45, 2.75) is 5.75 Å². The van der Waals surface area contributed by atoms with E-state index in [0.717, 1.165) is 22.4 Å². The van der Waals surface area contributed by atoms with Crippen molar-refractivity contribution in [2.75, 3.05) is 11.1 Å². The van der Waals surface area contributed by atoms with Gasteiger partial charge in [0.1, 0.15) is 5.75 Å². The fourth-order valence-corrected chi connectivity index (χ4v) is 5.17. The summed E-state index contributed by atoms with van der Waals surface area (Å²) in [6.45, 7) is 0. The van der Waals surface area contributed by atoms with Crippen LogP contribution < -0.4 is 5.32 Å². The molecular weight excluding hydrogens is 428 g/mol. The van der Waals surface area contributed by atoms with Gasteiger partial charge >= 0.3 is 0 Å². The van der Waals surface area contributed by atoms with Crippen molar-refractivity contribution >= 4 is 32.2 Å². The standard InChI is InChI=1S/C24H20N2O3S2/c27-23(17-31(28,29)16-18-7-3-1-4-8-18)26-24-25-22(15-30-24)21-13-11-20(12-14-21)19-9-5-2-6-10-19/h1-15H,16-17H2,(H,25,26,27). The number of thiazole rings is 1. The molecule has 5 nitrogen and oxygen atoms in total. The molecule has 156 valence electrons. The Labute approximate surface area is 185 Å². The minimum Gasteiger partial charge on any atom is -0.301 e. The molecule has 0 spiro atoms. The van der Waals surface area contributed by atoms with E-state index in [1.54, 1.807) is 24.3 Å². The lowest BCUT2D eigenvalue weighted by Gasteiger charge is -2.05. The number of anilines is 1. The number of nitrogens with one attached hydrogen (secondary N) is 1. The molecule has 7 heteroatoms. The zero-order valence-electron chi connectivity index (χ0n) is 16.6. The summed E-state index contributed by atoms with van der Waals surface area (Å²) >= 11 is 1.27. The molecule has 0 aliphatic heterocycles. The zero-order chi connectivity index (χ0) is 21.7. The van der Waals surface area contributed by atoms with Gasteiger partial charge in [0.15, 0.2) is 15.0 Å². The predicted octanol–water partition coefficient (Wildman–Crippen LogP) is 5.03. The van der Waals surface area contributed by atoms with Crippen molar-refractivity contribution in [3.05, 3.63) is 95.9 Å². The van der Waals surface area contributed by atoms with E-state index in [9.17, 15) is 13.2 Å². The van der Waals surface area contributed by atoms with E-state index >= 15 is 0 Å². The Kier molecular flexibility index (Phi) is 6.25. The Morgan fingerprint density at radius 2 is 1.39 bits per heavy atom. The topological polar surface area (TPSA) is 76.1 Å². The van der Waals surface area contributed by atoms with Crippen LogP contribution >= 0.6 is 11.3 Å². The number of sulfone groups is 1. The summed E-state index contributed by atoms with van der Waals surface area (Å²) in [6, 6.07) is 26.9. The Morgan fingerprint density at radius 1 is 0.806 bits per heavy atom.